The van der Waals surface area contributed by atoms with Gasteiger partial charge in [-0.2, -0.15) is 11.3 Å². The van der Waals surface area contributed by atoms with Gasteiger partial charge < -0.3 is 0 Å². The number of nitrogens with two attached hydrogens (primary N) is 1. The van der Waals surface area contributed by atoms with Gasteiger partial charge in [-0.3, -0.25) is 11.3 Å². The number of hydrazine groups is 1. The van der Waals surface area contributed by atoms with Crippen LogP contribution >= 0.6 is 11.3 Å². The Morgan fingerprint density at radius 2 is 2.12 bits per heavy atom. The summed E-state index contributed by atoms with van der Waals surface area (Å²) in [6.45, 7) is 0. The van der Waals surface area contributed by atoms with E-state index in [9.17, 15) is 8.78 Å². The molecule has 0 aliphatic heterocycles. The highest BCUT2D eigenvalue weighted by Crippen LogP contribution is 2.41. The average molecular weight is 246 g/mol. The molecule has 2 rings (SSSR count). The molecule has 0 spiro atoms. The Kier molecular flexibility index (Phi) is 3.56. The molecule has 3 N–H and O–H groups in total. The minimum Gasteiger partial charge on any atom is -0.271 e. The lowest BCUT2D eigenvalue weighted by molar-refractivity contribution is -0.0497. The SMILES string of the molecule is NNC(c1ccsc1)C1CCC(F)(F)CC1. The zero-order chi connectivity index (χ0) is 11.6. The number of nitrogens with one attached hydrogen (secondary N) is 1. The minimum atomic E-state index is -2.47. The molecule has 0 amide bonds. The Bertz CT molecular complexity index is 317. The predicted octanol–water partition coefficient (Wildman–Crippen LogP) is 3.08. The molecule has 0 saturated heterocycles. The van der Waals surface area contributed by atoms with Crippen LogP contribution in [0.1, 0.15) is 37.3 Å². The Labute approximate surface area is 97.8 Å². The number of hydrogen-bond acceptors (Lipinski definition) is 3. The molecule has 1 atom stereocenters. The van der Waals surface area contributed by atoms with Crippen molar-refractivity contribution in [3.63, 3.8) is 0 Å². The summed E-state index contributed by atoms with van der Waals surface area (Å²) in [7, 11) is 0. The van der Waals surface area contributed by atoms with Gasteiger partial charge >= 0.3 is 0 Å². The first-order valence-electron chi connectivity index (χ1n) is 5.48. The summed E-state index contributed by atoms with van der Waals surface area (Å²) in [4.78, 5) is 0. The van der Waals surface area contributed by atoms with Gasteiger partial charge in [0.2, 0.25) is 5.92 Å². The van der Waals surface area contributed by atoms with Gasteiger partial charge in [-0.25, -0.2) is 8.78 Å². The molecule has 0 bridgehead atoms. The van der Waals surface area contributed by atoms with E-state index in [1.165, 1.54) is 0 Å². The minimum absolute atomic E-state index is 0.0139. The van der Waals surface area contributed by atoms with Crippen LogP contribution in [0.4, 0.5) is 8.78 Å². The monoisotopic (exact) mass is 246 g/mol. The topological polar surface area (TPSA) is 38.0 Å². The van der Waals surface area contributed by atoms with E-state index >= 15 is 0 Å². The Morgan fingerprint density at radius 3 is 2.62 bits per heavy atom. The zero-order valence-electron chi connectivity index (χ0n) is 8.96. The number of hydrogen-bond donors (Lipinski definition) is 2. The van der Waals surface area contributed by atoms with Crippen LogP contribution in [0.15, 0.2) is 16.8 Å². The van der Waals surface area contributed by atoms with E-state index in [4.69, 9.17) is 5.84 Å². The highest BCUT2D eigenvalue weighted by atomic mass is 32.1. The fourth-order valence-electron chi connectivity index (χ4n) is 2.35. The highest BCUT2D eigenvalue weighted by molar-refractivity contribution is 7.07. The normalized spacial score (nSPS) is 23.2. The maximum Gasteiger partial charge on any atom is 0.248 e. The van der Waals surface area contributed by atoms with Crippen molar-refractivity contribution >= 4 is 11.3 Å². The van der Waals surface area contributed by atoms with Crippen LogP contribution in [0, 0.1) is 5.92 Å². The molecular weight excluding hydrogens is 230 g/mol. The molecule has 5 heteroatoms. The Hall–Kier alpha value is -0.520. The summed E-state index contributed by atoms with van der Waals surface area (Å²) in [5.74, 6) is 3.28. The van der Waals surface area contributed by atoms with Crippen LogP contribution in [0.3, 0.4) is 0 Å². The molecule has 0 aromatic carbocycles. The van der Waals surface area contributed by atoms with Crippen molar-refractivity contribution in [2.75, 3.05) is 0 Å². The first-order valence-corrected chi connectivity index (χ1v) is 6.43. The summed E-state index contributed by atoms with van der Waals surface area (Å²) in [5, 5.41) is 4.01. The predicted molar refractivity (Wildman–Crippen MR) is 61.3 cm³/mol. The lowest BCUT2D eigenvalue weighted by Gasteiger charge is -2.33. The highest BCUT2D eigenvalue weighted by Gasteiger charge is 2.37. The number of thiophene rings is 1. The molecule has 1 aliphatic rings. The average Bonchev–Trinajstić information content (AvgIpc) is 2.75. The van der Waals surface area contributed by atoms with Crippen LogP contribution in [0.2, 0.25) is 0 Å². The second kappa shape index (κ2) is 4.77. The van der Waals surface area contributed by atoms with E-state index in [1.807, 2.05) is 16.8 Å². The van der Waals surface area contributed by atoms with Crippen molar-refractivity contribution in [3.05, 3.63) is 22.4 Å². The standard InChI is InChI=1S/C11H16F2N2S/c12-11(13)4-1-8(2-5-11)10(15-14)9-3-6-16-7-9/h3,6-8,10,15H,1-2,4-5,14H2. The van der Waals surface area contributed by atoms with Crippen molar-refractivity contribution < 1.29 is 8.78 Å². The van der Waals surface area contributed by atoms with E-state index in [0.717, 1.165) is 5.56 Å². The molecule has 90 valence electrons. The Morgan fingerprint density at radius 1 is 1.44 bits per heavy atom. The van der Waals surface area contributed by atoms with E-state index < -0.39 is 5.92 Å². The van der Waals surface area contributed by atoms with Gasteiger partial charge in [0.25, 0.3) is 0 Å². The van der Waals surface area contributed by atoms with Crippen LogP contribution in [-0.4, -0.2) is 5.92 Å². The van der Waals surface area contributed by atoms with Crippen LogP contribution in [-0.2, 0) is 0 Å². The lowest BCUT2D eigenvalue weighted by Crippen LogP contribution is -2.37. The lowest BCUT2D eigenvalue weighted by atomic mass is 9.80. The molecular formula is C11H16F2N2S. The molecule has 1 aromatic heterocycles. The number of halogens is 2. The van der Waals surface area contributed by atoms with Gasteiger partial charge in [0.15, 0.2) is 0 Å². The summed E-state index contributed by atoms with van der Waals surface area (Å²) in [6, 6.07) is 2.02. The van der Waals surface area contributed by atoms with Crippen molar-refractivity contribution in [3.8, 4) is 0 Å². The molecule has 1 aromatic rings. The third-order valence-electron chi connectivity index (χ3n) is 3.32. The summed E-state index contributed by atoms with van der Waals surface area (Å²) >= 11 is 1.60. The fraction of sp³-hybridized carbons (Fsp3) is 0.636. The first kappa shape index (κ1) is 12.0. The molecule has 0 radical (unpaired) electrons. The third kappa shape index (κ3) is 2.59. The molecule has 1 saturated carbocycles. The first-order chi connectivity index (χ1) is 7.62. The van der Waals surface area contributed by atoms with Crippen LogP contribution < -0.4 is 11.3 Å². The van der Waals surface area contributed by atoms with Crippen molar-refractivity contribution in [1.82, 2.24) is 5.43 Å². The molecule has 2 nitrogen and oxygen atoms in total. The molecule has 1 unspecified atom stereocenters. The van der Waals surface area contributed by atoms with E-state index in [2.05, 4.69) is 5.43 Å². The largest absolute Gasteiger partial charge is 0.271 e. The summed E-state index contributed by atoms with van der Waals surface area (Å²) in [5.41, 5.74) is 3.88. The van der Waals surface area contributed by atoms with E-state index in [0.29, 0.717) is 12.8 Å². The van der Waals surface area contributed by atoms with Gasteiger partial charge in [0.05, 0.1) is 0 Å². The van der Waals surface area contributed by atoms with Gasteiger partial charge in [-0.05, 0) is 41.1 Å². The molecule has 1 heterocycles. The number of alkyl halides is 2. The van der Waals surface area contributed by atoms with Gasteiger partial charge in [-0.15, -0.1) is 0 Å². The van der Waals surface area contributed by atoms with E-state index in [1.54, 1.807) is 11.3 Å². The van der Waals surface area contributed by atoms with E-state index in [-0.39, 0.29) is 24.8 Å². The smallest absolute Gasteiger partial charge is 0.248 e. The molecule has 1 fully saturated rings. The van der Waals surface area contributed by atoms with Crippen molar-refractivity contribution in [1.29, 1.82) is 0 Å². The second-order valence-electron chi connectivity index (χ2n) is 4.39. The fourth-order valence-corrected chi connectivity index (χ4v) is 3.05. The summed E-state index contributed by atoms with van der Waals surface area (Å²) < 4.78 is 26.1. The molecule has 16 heavy (non-hydrogen) atoms. The quantitative estimate of drug-likeness (QED) is 0.635. The maximum atomic E-state index is 13.0. The maximum absolute atomic E-state index is 13.0. The van der Waals surface area contributed by atoms with Crippen molar-refractivity contribution in [2.45, 2.75) is 37.6 Å². The van der Waals surface area contributed by atoms with Crippen LogP contribution in [0.5, 0.6) is 0 Å². The summed E-state index contributed by atoms with van der Waals surface area (Å²) in [6.07, 6.45) is 1.05. The van der Waals surface area contributed by atoms with Crippen LogP contribution in [0.25, 0.3) is 0 Å². The second-order valence-corrected chi connectivity index (χ2v) is 5.17. The number of rotatable bonds is 3. The van der Waals surface area contributed by atoms with Crippen molar-refractivity contribution in [2.24, 2.45) is 11.8 Å². The van der Waals surface area contributed by atoms with Gasteiger partial charge in [-0.1, -0.05) is 0 Å². The zero-order valence-corrected chi connectivity index (χ0v) is 9.77. The Balaban J connectivity index is 2.02. The van der Waals surface area contributed by atoms with Gasteiger partial charge in [0.1, 0.15) is 0 Å². The molecule has 1 aliphatic carbocycles. The van der Waals surface area contributed by atoms with Gasteiger partial charge in [0, 0.05) is 18.9 Å². The third-order valence-corrected chi connectivity index (χ3v) is 4.02.